The molecule has 80 valence electrons. The van der Waals surface area contributed by atoms with Crippen molar-refractivity contribution in [2.75, 3.05) is 46.6 Å². The normalized spacial score (nSPS) is 10.6. The van der Waals surface area contributed by atoms with Crippen molar-refractivity contribution in [3.05, 3.63) is 0 Å². The van der Waals surface area contributed by atoms with E-state index in [2.05, 4.69) is 5.32 Å². The van der Waals surface area contributed by atoms with Crippen molar-refractivity contribution in [3.63, 3.8) is 0 Å². The molecule has 0 saturated heterocycles. The van der Waals surface area contributed by atoms with Crippen LogP contribution in [-0.2, 0) is 9.47 Å². The summed E-state index contributed by atoms with van der Waals surface area (Å²) in [5, 5.41) is 11.6. The Morgan fingerprint density at radius 3 is 2.62 bits per heavy atom. The Kier molecular flexibility index (Phi) is 11.7. The highest BCUT2D eigenvalue weighted by Crippen LogP contribution is 1.82. The van der Waals surface area contributed by atoms with Crippen molar-refractivity contribution in [1.29, 1.82) is 0 Å². The molecule has 2 N–H and O–H groups in total. The minimum absolute atomic E-state index is 0.252. The van der Waals surface area contributed by atoms with E-state index >= 15 is 0 Å². The Morgan fingerprint density at radius 1 is 1.08 bits per heavy atom. The third-order valence-electron chi connectivity index (χ3n) is 1.57. The maximum absolute atomic E-state index is 8.48. The van der Waals surface area contributed by atoms with Crippen LogP contribution in [0.5, 0.6) is 0 Å². The fraction of sp³-hybridized carbons (Fsp3) is 1.00. The monoisotopic (exact) mass is 191 g/mol. The summed E-state index contributed by atoms with van der Waals surface area (Å²) in [5.41, 5.74) is 0. The molecule has 0 fully saturated rings. The fourth-order valence-corrected chi connectivity index (χ4v) is 0.881. The lowest BCUT2D eigenvalue weighted by Gasteiger charge is -2.04. The van der Waals surface area contributed by atoms with Gasteiger partial charge in [0, 0.05) is 33.5 Å². The summed E-state index contributed by atoms with van der Waals surface area (Å²) in [6.45, 7) is 4.22. The van der Waals surface area contributed by atoms with Crippen LogP contribution in [0.2, 0.25) is 0 Å². The van der Waals surface area contributed by atoms with Crippen LogP contribution in [0.1, 0.15) is 12.8 Å². The zero-order chi connectivity index (χ0) is 9.78. The zero-order valence-electron chi connectivity index (χ0n) is 8.42. The van der Waals surface area contributed by atoms with E-state index < -0.39 is 0 Å². The van der Waals surface area contributed by atoms with E-state index in [1.165, 1.54) is 0 Å². The first-order valence-electron chi connectivity index (χ1n) is 4.80. The maximum Gasteiger partial charge on any atom is 0.0590 e. The fourth-order valence-electron chi connectivity index (χ4n) is 0.881. The largest absolute Gasteiger partial charge is 0.396 e. The molecule has 0 spiro atoms. The van der Waals surface area contributed by atoms with Crippen molar-refractivity contribution >= 4 is 0 Å². The molecule has 0 heterocycles. The summed E-state index contributed by atoms with van der Waals surface area (Å²) < 4.78 is 10.2. The van der Waals surface area contributed by atoms with Crippen LogP contribution in [-0.4, -0.2) is 51.7 Å². The van der Waals surface area contributed by atoms with Gasteiger partial charge in [-0.1, -0.05) is 0 Å². The Labute approximate surface area is 80.2 Å². The molecule has 0 radical (unpaired) electrons. The van der Waals surface area contributed by atoms with Crippen LogP contribution in [0.25, 0.3) is 0 Å². The van der Waals surface area contributed by atoms with Crippen molar-refractivity contribution in [3.8, 4) is 0 Å². The molecule has 0 aliphatic carbocycles. The van der Waals surface area contributed by atoms with Crippen LogP contribution in [0.15, 0.2) is 0 Å². The molecular formula is C9H21NO3. The SMILES string of the molecule is COCCCOCCNCCCO. The molecule has 0 amide bonds. The van der Waals surface area contributed by atoms with Gasteiger partial charge in [0.25, 0.3) is 0 Å². The third kappa shape index (κ3) is 11.8. The summed E-state index contributed by atoms with van der Waals surface area (Å²) in [4.78, 5) is 0. The van der Waals surface area contributed by atoms with Gasteiger partial charge in [-0.05, 0) is 19.4 Å². The second-order valence-corrected chi connectivity index (χ2v) is 2.79. The summed E-state index contributed by atoms with van der Waals surface area (Å²) >= 11 is 0. The molecule has 4 nitrogen and oxygen atoms in total. The molecule has 0 aliphatic rings. The third-order valence-corrected chi connectivity index (χ3v) is 1.57. The van der Waals surface area contributed by atoms with E-state index in [4.69, 9.17) is 14.6 Å². The molecule has 4 heteroatoms. The molecule has 0 saturated carbocycles. The van der Waals surface area contributed by atoms with Crippen molar-refractivity contribution < 1.29 is 14.6 Å². The van der Waals surface area contributed by atoms with Crippen LogP contribution in [0.4, 0.5) is 0 Å². The molecule has 13 heavy (non-hydrogen) atoms. The van der Waals surface area contributed by atoms with Crippen LogP contribution < -0.4 is 5.32 Å². The smallest absolute Gasteiger partial charge is 0.0590 e. The highest BCUT2D eigenvalue weighted by Gasteiger charge is 1.89. The van der Waals surface area contributed by atoms with Crippen LogP contribution in [0.3, 0.4) is 0 Å². The minimum Gasteiger partial charge on any atom is -0.396 e. The average molecular weight is 191 g/mol. The number of ether oxygens (including phenoxy) is 2. The Bertz CT molecular complexity index is 80.9. The molecule has 0 atom stereocenters. The molecule has 0 aromatic rings. The molecular weight excluding hydrogens is 170 g/mol. The van der Waals surface area contributed by atoms with E-state index in [1.807, 2.05) is 0 Å². The lowest BCUT2D eigenvalue weighted by Crippen LogP contribution is -2.21. The van der Waals surface area contributed by atoms with E-state index in [-0.39, 0.29) is 6.61 Å². The summed E-state index contributed by atoms with van der Waals surface area (Å²) in [5.74, 6) is 0. The van der Waals surface area contributed by atoms with E-state index in [1.54, 1.807) is 7.11 Å². The van der Waals surface area contributed by atoms with Gasteiger partial charge < -0.3 is 19.9 Å². The Balaban J connectivity index is 2.76. The first-order chi connectivity index (χ1) is 6.41. The van der Waals surface area contributed by atoms with Gasteiger partial charge in [-0.25, -0.2) is 0 Å². The zero-order valence-corrected chi connectivity index (χ0v) is 8.42. The highest BCUT2D eigenvalue weighted by atomic mass is 16.5. The Hall–Kier alpha value is -0.160. The molecule has 0 aromatic carbocycles. The van der Waals surface area contributed by atoms with Gasteiger partial charge in [0.15, 0.2) is 0 Å². The van der Waals surface area contributed by atoms with Crippen LogP contribution in [0, 0.1) is 0 Å². The standard InChI is InChI=1S/C9H21NO3/c1-12-7-3-8-13-9-5-10-4-2-6-11/h10-11H,2-9H2,1H3. The topological polar surface area (TPSA) is 50.7 Å². The number of methoxy groups -OCH3 is 1. The number of hydrogen-bond donors (Lipinski definition) is 2. The first kappa shape index (κ1) is 12.8. The number of aliphatic hydroxyl groups is 1. The molecule has 0 bridgehead atoms. The van der Waals surface area contributed by atoms with Gasteiger partial charge in [-0.3, -0.25) is 0 Å². The second kappa shape index (κ2) is 11.8. The molecule has 0 unspecified atom stereocenters. The van der Waals surface area contributed by atoms with E-state index in [0.29, 0.717) is 0 Å². The highest BCUT2D eigenvalue weighted by molar-refractivity contribution is 4.45. The average Bonchev–Trinajstić information content (AvgIpc) is 2.16. The van der Waals surface area contributed by atoms with Gasteiger partial charge in [0.1, 0.15) is 0 Å². The molecule has 0 rings (SSSR count). The minimum atomic E-state index is 0.252. The van der Waals surface area contributed by atoms with Gasteiger partial charge >= 0.3 is 0 Å². The van der Waals surface area contributed by atoms with Crippen LogP contribution >= 0.6 is 0 Å². The predicted octanol–water partition coefficient (Wildman–Crippen LogP) is 0.0115. The number of rotatable bonds is 10. The lowest BCUT2D eigenvalue weighted by molar-refractivity contribution is 0.104. The van der Waals surface area contributed by atoms with Gasteiger partial charge in [0.2, 0.25) is 0 Å². The van der Waals surface area contributed by atoms with E-state index in [0.717, 1.165) is 45.8 Å². The first-order valence-corrected chi connectivity index (χ1v) is 4.80. The van der Waals surface area contributed by atoms with Gasteiger partial charge in [-0.15, -0.1) is 0 Å². The molecule has 0 aromatic heterocycles. The summed E-state index contributed by atoms with van der Waals surface area (Å²) in [7, 11) is 1.69. The number of aliphatic hydroxyl groups excluding tert-OH is 1. The quantitative estimate of drug-likeness (QED) is 0.478. The van der Waals surface area contributed by atoms with Gasteiger partial charge in [0.05, 0.1) is 6.61 Å². The second-order valence-electron chi connectivity index (χ2n) is 2.79. The number of hydrogen-bond acceptors (Lipinski definition) is 4. The van der Waals surface area contributed by atoms with Crippen molar-refractivity contribution in [1.82, 2.24) is 5.32 Å². The lowest BCUT2D eigenvalue weighted by atomic mass is 10.4. The maximum atomic E-state index is 8.48. The van der Waals surface area contributed by atoms with Crippen molar-refractivity contribution in [2.45, 2.75) is 12.8 Å². The van der Waals surface area contributed by atoms with Gasteiger partial charge in [-0.2, -0.15) is 0 Å². The Morgan fingerprint density at radius 2 is 1.92 bits per heavy atom. The summed E-state index contributed by atoms with van der Waals surface area (Å²) in [6.07, 6.45) is 1.76. The molecule has 0 aliphatic heterocycles. The predicted molar refractivity (Wildman–Crippen MR) is 51.9 cm³/mol. The van der Waals surface area contributed by atoms with Crippen molar-refractivity contribution in [2.24, 2.45) is 0 Å². The number of nitrogens with one attached hydrogen (secondary N) is 1. The van der Waals surface area contributed by atoms with E-state index in [9.17, 15) is 0 Å². The summed E-state index contributed by atoms with van der Waals surface area (Å²) in [6, 6.07) is 0.